The van der Waals surface area contributed by atoms with Gasteiger partial charge < -0.3 is 29.4 Å². The van der Waals surface area contributed by atoms with Gasteiger partial charge in [0, 0.05) is 12.6 Å². The zero-order chi connectivity index (χ0) is 22.3. The molecule has 32 heavy (non-hydrogen) atoms. The first-order valence-corrected chi connectivity index (χ1v) is 10.4. The summed E-state index contributed by atoms with van der Waals surface area (Å²) in [6.07, 6.45) is -1.58. The molecule has 0 saturated carbocycles. The Labute approximate surface area is 186 Å². The minimum Gasteiger partial charge on any atom is -0.491 e. The molecule has 1 aliphatic heterocycles. The van der Waals surface area contributed by atoms with Crippen molar-refractivity contribution >= 4 is 5.91 Å². The second kappa shape index (κ2) is 10.1. The minimum absolute atomic E-state index is 0.0239. The summed E-state index contributed by atoms with van der Waals surface area (Å²) >= 11 is 0. The maximum absolute atomic E-state index is 12.3. The van der Waals surface area contributed by atoms with E-state index >= 15 is 0 Å². The normalized spacial score (nSPS) is 13.8. The number of aliphatic hydroxyl groups is 1. The number of hydrogen-bond donors (Lipinski definition) is 2. The second-order valence-corrected chi connectivity index (χ2v) is 7.38. The largest absolute Gasteiger partial charge is 0.491 e. The number of carbonyl (C=O) groups is 1. The lowest BCUT2D eigenvalue weighted by Gasteiger charge is -2.17. The van der Waals surface area contributed by atoms with Gasteiger partial charge in [0.05, 0.1) is 0 Å². The lowest BCUT2D eigenvalue weighted by molar-refractivity contribution is -0.127. The van der Waals surface area contributed by atoms with Crippen LogP contribution in [0, 0.1) is 0 Å². The van der Waals surface area contributed by atoms with Crippen molar-refractivity contribution in [3.05, 3.63) is 72.8 Å². The highest BCUT2D eigenvalue weighted by Gasteiger charge is 2.17. The van der Waals surface area contributed by atoms with E-state index in [1.165, 1.54) is 0 Å². The van der Waals surface area contributed by atoms with Crippen LogP contribution in [0.15, 0.2) is 72.8 Å². The van der Waals surface area contributed by atoms with Gasteiger partial charge in [-0.1, -0.05) is 42.5 Å². The van der Waals surface area contributed by atoms with Crippen LogP contribution in [-0.2, 0) is 4.79 Å². The van der Waals surface area contributed by atoms with Gasteiger partial charge in [-0.15, -0.1) is 0 Å². The number of nitrogens with one attached hydrogen (secondary N) is 1. The molecule has 0 saturated heterocycles. The number of ether oxygens (including phenoxy) is 4. The molecule has 0 spiro atoms. The molecule has 7 nitrogen and oxygen atoms in total. The molecule has 0 fully saturated rings. The van der Waals surface area contributed by atoms with Gasteiger partial charge in [-0.05, 0) is 42.3 Å². The van der Waals surface area contributed by atoms with Gasteiger partial charge in [0.1, 0.15) is 24.2 Å². The molecule has 1 heterocycles. The summed E-state index contributed by atoms with van der Waals surface area (Å²) in [5, 5.41) is 12.8. The number of carbonyl (C=O) groups excluding carboxylic acids is 1. The monoisotopic (exact) mass is 435 g/mol. The van der Waals surface area contributed by atoms with Gasteiger partial charge in [0.2, 0.25) is 6.79 Å². The Morgan fingerprint density at radius 1 is 0.969 bits per heavy atom. The van der Waals surface area contributed by atoms with Gasteiger partial charge in [-0.2, -0.15) is 0 Å². The van der Waals surface area contributed by atoms with E-state index < -0.39 is 12.2 Å². The van der Waals surface area contributed by atoms with Crippen LogP contribution in [-0.4, -0.2) is 43.2 Å². The molecule has 2 atom stereocenters. The third kappa shape index (κ3) is 5.50. The van der Waals surface area contributed by atoms with Crippen LogP contribution in [0.25, 0.3) is 11.1 Å². The molecule has 0 bridgehead atoms. The van der Waals surface area contributed by atoms with Gasteiger partial charge >= 0.3 is 0 Å². The maximum Gasteiger partial charge on any atom is 0.260 e. The number of hydrogen-bond acceptors (Lipinski definition) is 6. The summed E-state index contributed by atoms with van der Waals surface area (Å²) in [4.78, 5) is 12.3. The molecule has 7 heteroatoms. The Morgan fingerprint density at radius 3 is 2.44 bits per heavy atom. The molecule has 166 valence electrons. The third-order valence-corrected chi connectivity index (χ3v) is 4.94. The Bertz CT molecular complexity index is 1040. The fraction of sp³-hybridized carbons (Fsp3) is 0.240. The fourth-order valence-electron chi connectivity index (χ4n) is 3.19. The predicted octanol–water partition coefficient (Wildman–Crippen LogP) is 3.41. The molecule has 2 N–H and O–H groups in total. The lowest BCUT2D eigenvalue weighted by atomic mass is 10.1. The van der Waals surface area contributed by atoms with Crippen LogP contribution in [0.5, 0.6) is 23.0 Å². The van der Waals surface area contributed by atoms with Crippen LogP contribution in [0.3, 0.4) is 0 Å². The second-order valence-electron chi connectivity index (χ2n) is 7.38. The van der Waals surface area contributed by atoms with Crippen molar-refractivity contribution < 1.29 is 28.8 Å². The summed E-state index contributed by atoms with van der Waals surface area (Å²) in [6.45, 7) is 1.92. The Balaban J connectivity index is 1.20. The van der Waals surface area contributed by atoms with E-state index in [0.717, 1.165) is 11.1 Å². The fourth-order valence-corrected chi connectivity index (χ4v) is 3.19. The van der Waals surface area contributed by atoms with E-state index in [1.54, 1.807) is 25.1 Å². The van der Waals surface area contributed by atoms with Crippen molar-refractivity contribution in [3.8, 4) is 34.1 Å². The standard InChI is InChI=1S/C25H25NO6/c1-17(32-21-9-7-19(8-10-21)18-5-3-2-4-6-18)25(28)26-14-20(27)15-29-22-11-12-23-24(13-22)31-16-30-23/h2-13,17,20,27H,14-16H2,1H3,(H,26,28). The smallest absolute Gasteiger partial charge is 0.260 e. The molecular formula is C25H25NO6. The van der Waals surface area contributed by atoms with Crippen LogP contribution < -0.4 is 24.3 Å². The van der Waals surface area contributed by atoms with Crippen LogP contribution >= 0.6 is 0 Å². The number of rotatable bonds is 9. The average Bonchev–Trinajstić information content (AvgIpc) is 3.30. The molecule has 3 aromatic carbocycles. The summed E-state index contributed by atoms with van der Waals surface area (Å²) < 4.78 is 21.8. The highest BCUT2D eigenvalue weighted by molar-refractivity contribution is 5.80. The molecule has 0 aliphatic carbocycles. The Hall–Kier alpha value is -3.71. The molecule has 0 radical (unpaired) electrons. The van der Waals surface area contributed by atoms with E-state index in [0.29, 0.717) is 23.0 Å². The van der Waals surface area contributed by atoms with Crippen LogP contribution in [0.1, 0.15) is 6.92 Å². The summed E-state index contributed by atoms with van der Waals surface area (Å²) in [5.41, 5.74) is 2.18. The quantitative estimate of drug-likeness (QED) is 0.536. The van der Waals surface area contributed by atoms with Crippen molar-refractivity contribution in [2.75, 3.05) is 19.9 Å². The summed E-state index contributed by atoms with van der Waals surface area (Å²) in [5.74, 6) is 2.09. The number of fused-ring (bicyclic) bond motifs is 1. The van der Waals surface area contributed by atoms with Gasteiger partial charge in [-0.25, -0.2) is 0 Å². The molecular weight excluding hydrogens is 410 g/mol. The highest BCUT2D eigenvalue weighted by Crippen LogP contribution is 2.35. The van der Waals surface area contributed by atoms with Gasteiger partial charge in [0.25, 0.3) is 5.91 Å². The zero-order valence-electron chi connectivity index (χ0n) is 17.7. The first kappa shape index (κ1) is 21.5. The Kier molecular flexibility index (Phi) is 6.77. The van der Waals surface area contributed by atoms with Crippen molar-refractivity contribution in [2.24, 2.45) is 0 Å². The molecule has 2 unspecified atom stereocenters. The number of aliphatic hydroxyl groups excluding tert-OH is 1. The maximum atomic E-state index is 12.3. The van der Waals surface area contributed by atoms with Crippen molar-refractivity contribution in [3.63, 3.8) is 0 Å². The highest BCUT2D eigenvalue weighted by atomic mass is 16.7. The summed E-state index contributed by atoms with van der Waals surface area (Å²) in [7, 11) is 0. The Morgan fingerprint density at radius 2 is 1.66 bits per heavy atom. The topological polar surface area (TPSA) is 86.3 Å². The summed E-state index contributed by atoms with van der Waals surface area (Å²) in [6, 6.07) is 22.8. The first-order valence-electron chi connectivity index (χ1n) is 10.4. The van der Waals surface area contributed by atoms with Crippen LogP contribution in [0.4, 0.5) is 0 Å². The van der Waals surface area contributed by atoms with Crippen molar-refractivity contribution in [2.45, 2.75) is 19.1 Å². The predicted molar refractivity (Wildman–Crippen MR) is 119 cm³/mol. The molecule has 1 amide bonds. The average molecular weight is 435 g/mol. The molecule has 1 aliphatic rings. The molecule has 0 aromatic heterocycles. The van der Waals surface area contributed by atoms with Crippen molar-refractivity contribution in [1.82, 2.24) is 5.32 Å². The van der Waals surface area contributed by atoms with Crippen LogP contribution in [0.2, 0.25) is 0 Å². The van der Waals surface area contributed by atoms with Crippen molar-refractivity contribution in [1.29, 1.82) is 0 Å². The van der Waals surface area contributed by atoms with Gasteiger partial charge in [0.15, 0.2) is 17.6 Å². The zero-order valence-corrected chi connectivity index (χ0v) is 17.7. The van der Waals surface area contributed by atoms with E-state index in [2.05, 4.69) is 5.32 Å². The molecule has 3 aromatic rings. The first-order chi connectivity index (χ1) is 15.6. The van der Waals surface area contributed by atoms with E-state index in [1.807, 2.05) is 54.6 Å². The minimum atomic E-state index is -0.873. The van der Waals surface area contributed by atoms with E-state index in [-0.39, 0.29) is 25.9 Å². The number of amides is 1. The van der Waals surface area contributed by atoms with E-state index in [4.69, 9.17) is 18.9 Å². The lowest BCUT2D eigenvalue weighted by Crippen LogP contribution is -2.41. The SMILES string of the molecule is CC(Oc1ccc(-c2ccccc2)cc1)C(=O)NCC(O)COc1ccc2c(c1)OCO2. The third-order valence-electron chi connectivity index (χ3n) is 4.94. The van der Waals surface area contributed by atoms with Gasteiger partial charge in [-0.3, -0.25) is 4.79 Å². The molecule has 4 rings (SSSR count). The van der Waals surface area contributed by atoms with E-state index in [9.17, 15) is 9.90 Å². The number of benzene rings is 3.